The van der Waals surface area contributed by atoms with Crippen molar-refractivity contribution in [1.82, 2.24) is 0 Å². The number of halogens is 1. The van der Waals surface area contributed by atoms with Crippen LogP contribution in [0, 0.1) is 0 Å². The molecule has 0 aliphatic rings. The quantitative estimate of drug-likeness (QED) is 0.236. The average molecular weight is 287 g/mol. The molecule has 19 heavy (non-hydrogen) atoms. The van der Waals surface area contributed by atoms with Gasteiger partial charge in [0.2, 0.25) is 0 Å². The first-order valence-corrected chi connectivity index (χ1v) is 7.58. The van der Waals surface area contributed by atoms with Crippen molar-refractivity contribution < 1.29 is 4.74 Å². The van der Waals surface area contributed by atoms with Crippen LogP contribution in [0.15, 0.2) is 21.3 Å². The molecule has 0 amide bonds. The van der Waals surface area contributed by atoms with Crippen LogP contribution in [0.25, 0.3) is 0 Å². The third kappa shape index (κ3) is 8.17. The monoisotopic (exact) mass is 286 g/mol. The van der Waals surface area contributed by atoms with Crippen LogP contribution in [-0.4, -0.2) is 31.6 Å². The number of rotatable bonds is 11. The van der Waals surface area contributed by atoms with E-state index in [1.54, 1.807) is 0 Å². The zero-order chi connectivity index (χ0) is 14.5. The molecule has 0 N–H and O–H groups in total. The molecule has 0 atom stereocenters. The summed E-state index contributed by atoms with van der Waals surface area (Å²) in [6.45, 7) is 11.5. The van der Waals surface area contributed by atoms with E-state index in [-0.39, 0.29) is 0 Å². The van der Waals surface area contributed by atoms with Gasteiger partial charge in [0.05, 0.1) is 0 Å². The van der Waals surface area contributed by atoms with Crippen molar-refractivity contribution in [2.24, 2.45) is 9.98 Å². The van der Waals surface area contributed by atoms with Gasteiger partial charge in [0.25, 0.3) is 0 Å². The third-order valence-corrected chi connectivity index (χ3v) is 3.05. The molecule has 0 aromatic heterocycles. The second kappa shape index (κ2) is 12.4. The normalized spacial score (nSPS) is 13.4. The summed E-state index contributed by atoms with van der Waals surface area (Å²) in [4.78, 5) is 8.41. The van der Waals surface area contributed by atoms with Crippen LogP contribution in [0.1, 0.15) is 52.9 Å². The van der Waals surface area contributed by atoms with Crippen LogP contribution >= 0.6 is 11.6 Å². The summed E-state index contributed by atoms with van der Waals surface area (Å²) in [7, 11) is 0. The molecule has 4 heteroatoms. The van der Waals surface area contributed by atoms with Crippen molar-refractivity contribution >= 4 is 24.0 Å². The van der Waals surface area contributed by atoms with Gasteiger partial charge in [-0.25, -0.2) is 0 Å². The molecule has 110 valence electrons. The highest BCUT2D eigenvalue weighted by atomic mass is 35.5. The third-order valence-electron chi connectivity index (χ3n) is 2.93. The van der Waals surface area contributed by atoms with E-state index in [1.807, 2.05) is 6.92 Å². The molecule has 0 radical (unpaired) electrons. The number of unbranched alkanes of at least 4 members (excludes halogenated alkanes) is 1. The van der Waals surface area contributed by atoms with E-state index in [4.69, 9.17) is 16.3 Å². The Balaban J connectivity index is 4.35. The average Bonchev–Trinajstić information content (AvgIpc) is 2.43. The van der Waals surface area contributed by atoms with Gasteiger partial charge in [-0.1, -0.05) is 13.8 Å². The second-order valence-electron chi connectivity index (χ2n) is 4.37. The van der Waals surface area contributed by atoms with Crippen LogP contribution in [0.4, 0.5) is 0 Å². The van der Waals surface area contributed by atoms with Gasteiger partial charge in [0.15, 0.2) is 0 Å². The number of alkyl halides is 1. The minimum absolute atomic E-state index is 0.301. The lowest BCUT2D eigenvalue weighted by Gasteiger charge is -2.11. The van der Waals surface area contributed by atoms with Crippen LogP contribution < -0.4 is 0 Å². The van der Waals surface area contributed by atoms with Gasteiger partial charge in [-0.05, 0) is 51.3 Å². The lowest BCUT2D eigenvalue weighted by atomic mass is 10.0. The molecule has 0 saturated heterocycles. The lowest BCUT2D eigenvalue weighted by Crippen LogP contribution is -2.06. The summed E-state index contributed by atoms with van der Waals surface area (Å²) >= 11 is 5.75. The van der Waals surface area contributed by atoms with Crippen molar-refractivity contribution in [3.05, 3.63) is 11.3 Å². The van der Waals surface area contributed by atoms with Gasteiger partial charge < -0.3 is 4.74 Å². The SMILES string of the molecule is C=N/C(C)=C(CC)\C(CCCCOCCC)=N/CCl. The molecule has 3 nitrogen and oxygen atoms in total. The van der Waals surface area contributed by atoms with E-state index in [0.717, 1.165) is 56.7 Å². The number of hydrogen-bond donors (Lipinski definition) is 0. The standard InChI is InChI=1S/C15H27ClN2O/c1-5-10-19-11-8-7-9-15(18-12-16)14(6-2)13(3)17-4/h4-12H2,1-3H3/b14-13-,18-15-. The van der Waals surface area contributed by atoms with Crippen molar-refractivity contribution in [3.8, 4) is 0 Å². The number of allylic oxidation sites excluding steroid dienone is 2. The minimum Gasteiger partial charge on any atom is -0.381 e. The van der Waals surface area contributed by atoms with Gasteiger partial charge in [-0.2, -0.15) is 0 Å². The molecule has 0 bridgehead atoms. The topological polar surface area (TPSA) is 34.0 Å². The summed E-state index contributed by atoms with van der Waals surface area (Å²) in [6.07, 6.45) is 5.03. The molecular formula is C15H27ClN2O. The first-order valence-electron chi connectivity index (χ1n) is 7.05. The summed E-state index contributed by atoms with van der Waals surface area (Å²) < 4.78 is 5.47. The van der Waals surface area contributed by atoms with Gasteiger partial charge in [-0.3, -0.25) is 9.98 Å². The first kappa shape index (κ1) is 18.3. The Hall–Kier alpha value is -0.670. The fourth-order valence-corrected chi connectivity index (χ4v) is 2.05. The van der Waals surface area contributed by atoms with Crippen LogP contribution in [0.2, 0.25) is 0 Å². The zero-order valence-electron chi connectivity index (χ0n) is 12.5. The highest BCUT2D eigenvalue weighted by Crippen LogP contribution is 2.16. The fourth-order valence-electron chi connectivity index (χ4n) is 1.90. The van der Waals surface area contributed by atoms with Crippen LogP contribution in [0.5, 0.6) is 0 Å². The van der Waals surface area contributed by atoms with E-state index in [0.29, 0.717) is 6.00 Å². The van der Waals surface area contributed by atoms with E-state index < -0.39 is 0 Å². The highest BCUT2D eigenvalue weighted by Gasteiger charge is 2.08. The first-order chi connectivity index (χ1) is 9.21. The Morgan fingerprint density at radius 3 is 2.47 bits per heavy atom. The van der Waals surface area contributed by atoms with Crippen molar-refractivity contribution in [2.75, 3.05) is 19.2 Å². The Bertz CT molecular complexity index is 311. The summed E-state index contributed by atoms with van der Waals surface area (Å²) in [5.41, 5.74) is 3.19. The summed E-state index contributed by atoms with van der Waals surface area (Å²) in [5, 5.41) is 0. The molecular weight excluding hydrogens is 260 g/mol. The smallest absolute Gasteiger partial charge is 0.113 e. The van der Waals surface area contributed by atoms with Crippen molar-refractivity contribution in [2.45, 2.75) is 52.9 Å². The van der Waals surface area contributed by atoms with Crippen molar-refractivity contribution in [3.63, 3.8) is 0 Å². The molecule has 0 aliphatic carbocycles. The van der Waals surface area contributed by atoms with Gasteiger partial charge in [0.1, 0.15) is 6.00 Å². The Morgan fingerprint density at radius 1 is 1.21 bits per heavy atom. The molecule has 0 aromatic carbocycles. The van der Waals surface area contributed by atoms with E-state index in [9.17, 15) is 0 Å². The van der Waals surface area contributed by atoms with Crippen LogP contribution in [-0.2, 0) is 4.74 Å². The van der Waals surface area contributed by atoms with E-state index in [2.05, 4.69) is 30.5 Å². The zero-order valence-corrected chi connectivity index (χ0v) is 13.3. The van der Waals surface area contributed by atoms with Gasteiger partial charge in [-0.15, -0.1) is 11.6 Å². The predicted molar refractivity (Wildman–Crippen MR) is 85.7 cm³/mol. The van der Waals surface area contributed by atoms with Crippen LogP contribution in [0.3, 0.4) is 0 Å². The Labute approximate surface area is 122 Å². The Morgan fingerprint density at radius 2 is 1.95 bits per heavy atom. The van der Waals surface area contributed by atoms with Crippen molar-refractivity contribution in [1.29, 1.82) is 0 Å². The number of aliphatic imine (C=N–C) groups is 2. The number of nitrogens with zero attached hydrogens (tertiary/aromatic N) is 2. The molecule has 0 aromatic rings. The predicted octanol–water partition coefficient (Wildman–Crippen LogP) is 4.61. The maximum Gasteiger partial charge on any atom is 0.113 e. The fraction of sp³-hybridized carbons (Fsp3) is 0.733. The molecule has 0 rings (SSSR count). The molecule has 0 unspecified atom stereocenters. The number of hydrogen-bond acceptors (Lipinski definition) is 3. The summed E-state index contributed by atoms with van der Waals surface area (Å²) in [6, 6.07) is 0.301. The summed E-state index contributed by atoms with van der Waals surface area (Å²) in [5.74, 6) is 0. The molecule has 0 saturated carbocycles. The maximum atomic E-state index is 5.75. The maximum absolute atomic E-state index is 5.75. The van der Waals surface area contributed by atoms with Gasteiger partial charge in [0, 0.05) is 24.6 Å². The van der Waals surface area contributed by atoms with E-state index in [1.165, 1.54) is 5.57 Å². The minimum atomic E-state index is 0.301. The molecule has 0 fully saturated rings. The molecule has 0 heterocycles. The second-order valence-corrected chi connectivity index (χ2v) is 4.61. The highest BCUT2D eigenvalue weighted by molar-refractivity contribution is 6.18. The number of ether oxygens (including phenoxy) is 1. The molecule has 0 aliphatic heterocycles. The van der Waals surface area contributed by atoms with Gasteiger partial charge >= 0.3 is 0 Å². The van der Waals surface area contributed by atoms with E-state index >= 15 is 0 Å². The Kier molecular flexibility index (Phi) is 11.9. The molecule has 0 spiro atoms. The largest absolute Gasteiger partial charge is 0.381 e. The lowest BCUT2D eigenvalue weighted by molar-refractivity contribution is 0.131.